The van der Waals surface area contributed by atoms with Crippen molar-refractivity contribution in [3.05, 3.63) is 255 Å². The number of aromatic nitrogens is 1. The minimum Gasteiger partial charge on any atom is -0.309 e. The lowest BCUT2D eigenvalue weighted by molar-refractivity contribution is 0.647. The molecule has 11 aromatic rings. The van der Waals surface area contributed by atoms with Gasteiger partial charge < -0.3 is 4.57 Å². The second-order valence-electron chi connectivity index (χ2n) is 19.9. The van der Waals surface area contributed by atoms with Gasteiger partial charge in [0.05, 0.1) is 21.9 Å². The zero-order valence-electron chi connectivity index (χ0n) is 38.0. The maximum absolute atomic E-state index is 2.65. The van der Waals surface area contributed by atoms with Gasteiger partial charge in [0.1, 0.15) is 16.1 Å². The minimum atomic E-state index is -2.14. The summed E-state index contributed by atoms with van der Waals surface area (Å²) in [6.45, 7) is 10.3. The lowest BCUT2D eigenvalue weighted by Crippen LogP contribution is -2.66. The maximum Gasteiger partial charge on any atom is 0.113 e. The van der Waals surface area contributed by atoms with Gasteiger partial charge in [-0.2, -0.15) is 0 Å². The van der Waals surface area contributed by atoms with Gasteiger partial charge in [-0.25, -0.2) is 0 Å². The van der Waals surface area contributed by atoms with Crippen LogP contribution >= 0.6 is 22.7 Å². The van der Waals surface area contributed by atoms with E-state index in [0.717, 1.165) is 0 Å². The Labute approximate surface area is 402 Å². The molecule has 0 unspecified atom stereocenters. The van der Waals surface area contributed by atoms with Crippen molar-refractivity contribution in [3.63, 3.8) is 0 Å². The summed E-state index contributed by atoms with van der Waals surface area (Å²) in [4.78, 5) is 5.55. The lowest BCUT2D eigenvalue weighted by atomic mass is 9.55. The van der Waals surface area contributed by atoms with Gasteiger partial charge in [-0.1, -0.05) is 202 Å². The van der Waals surface area contributed by atoms with Crippen molar-refractivity contribution in [3.8, 4) is 26.6 Å². The van der Waals surface area contributed by atoms with E-state index in [4.69, 9.17) is 0 Å². The Morgan fingerprint density at radius 1 is 0.343 bits per heavy atom. The Morgan fingerprint density at radius 3 is 1.10 bits per heavy atom. The van der Waals surface area contributed by atoms with Crippen molar-refractivity contribution in [2.45, 2.75) is 37.0 Å². The van der Waals surface area contributed by atoms with Crippen LogP contribution in [-0.4, -0.2) is 20.7 Å². The minimum absolute atomic E-state index is 0.532. The Morgan fingerprint density at radius 2 is 0.687 bits per heavy atom. The number of para-hydroxylation sites is 2. The fraction of sp³-hybridized carbons (Fsp3) is 0.0968. The molecule has 2 aliphatic heterocycles. The molecule has 2 spiro atoms. The lowest BCUT2D eigenvalue weighted by Gasteiger charge is -2.54. The highest BCUT2D eigenvalue weighted by molar-refractivity contribution is 7.17. The summed E-state index contributed by atoms with van der Waals surface area (Å²) in [5.74, 6) is 0. The predicted molar refractivity (Wildman–Crippen MR) is 291 cm³/mol. The third-order valence-corrected chi connectivity index (χ3v) is 25.8. The summed E-state index contributed by atoms with van der Waals surface area (Å²) in [6.07, 6.45) is 0. The van der Waals surface area contributed by atoms with E-state index < -0.39 is 27.0 Å². The summed E-state index contributed by atoms with van der Waals surface area (Å²) in [5, 5.41) is 8.72. The van der Waals surface area contributed by atoms with Gasteiger partial charge in [0.15, 0.2) is 0 Å². The largest absolute Gasteiger partial charge is 0.309 e. The average molecular weight is 926 g/mol. The first-order chi connectivity index (χ1) is 32.7. The molecule has 0 amide bonds. The van der Waals surface area contributed by atoms with Gasteiger partial charge in [-0.3, -0.25) is 0 Å². The van der Waals surface area contributed by atoms with Crippen molar-refractivity contribution in [2.24, 2.45) is 0 Å². The highest BCUT2D eigenvalue weighted by Gasteiger charge is 2.62. The van der Waals surface area contributed by atoms with Gasteiger partial charge in [-0.05, 0) is 102 Å². The molecule has 0 fully saturated rings. The summed E-state index contributed by atoms with van der Waals surface area (Å²) in [6, 6.07) is 81.9. The molecule has 0 N–H and O–H groups in total. The van der Waals surface area contributed by atoms with Crippen LogP contribution in [0, 0.1) is 0 Å². The number of fused-ring (bicyclic) bond motifs is 17. The van der Waals surface area contributed by atoms with Crippen LogP contribution in [0.5, 0.6) is 0 Å². The Kier molecular flexibility index (Phi) is 8.25. The first-order valence-corrected chi connectivity index (χ1v) is 31.2. The normalized spacial score (nSPS) is 16.2. The summed E-state index contributed by atoms with van der Waals surface area (Å²) >= 11 is 4.08. The molecule has 5 heteroatoms. The SMILES string of the molecule is C[Si]1(C)c2ccccc2C2(c3ccccc31)c1cc(-c3ccc(-n4c5ccccc5c5ccccc54)cc3)sc1C1(c3ccccc3[Si](C)(C)c3ccccc31)c1cc(-c3ccccc3)sc12. The molecule has 0 atom stereocenters. The van der Waals surface area contributed by atoms with Crippen molar-refractivity contribution in [1.29, 1.82) is 0 Å². The first kappa shape index (κ1) is 39.6. The number of benzene rings is 8. The fourth-order valence-electron chi connectivity index (χ4n) is 13.1. The van der Waals surface area contributed by atoms with Crippen molar-refractivity contribution < 1.29 is 0 Å². The van der Waals surface area contributed by atoms with E-state index in [-0.39, 0.29) is 0 Å². The van der Waals surface area contributed by atoms with Crippen LogP contribution in [-0.2, 0) is 10.8 Å². The van der Waals surface area contributed by atoms with E-state index in [1.54, 1.807) is 0 Å². The monoisotopic (exact) mass is 925 g/mol. The van der Waals surface area contributed by atoms with Crippen LogP contribution in [0.3, 0.4) is 0 Å². The van der Waals surface area contributed by atoms with E-state index in [1.807, 2.05) is 22.7 Å². The van der Waals surface area contributed by atoms with Crippen LogP contribution < -0.4 is 20.7 Å². The van der Waals surface area contributed by atoms with Crippen LogP contribution in [0.25, 0.3) is 48.4 Å². The molecule has 1 aliphatic carbocycles. The van der Waals surface area contributed by atoms with Crippen molar-refractivity contribution in [2.75, 3.05) is 0 Å². The van der Waals surface area contributed by atoms with E-state index in [0.29, 0.717) is 0 Å². The van der Waals surface area contributed by atoms with Gasteiger partial charge in [0, 0.05) is 36.0 Å². The second kappa shape index (κ2) is 14.0. The van der Waals surface area contributed by atoms with E-state index in [1.165, 1.54) is 112 Å². The van der Waals surface area contributed by atoms with Crippen LogP contribution in [0.15, 0.2) is 212 Å². The molecule has 67 heavy (non-hydrogen) atoms. The predicted octanol–water partition coefficient (Wildman–Crippen LogP) is 13.6. The number of rotatable bonds is 3. The molecule has 0 radical (unpaired) electrons. The third kappa shape index (κ3) is 5.02. The van der Waals surface area contributed by atoms with Crippen LogP contribution in [0.2, 0.25) is 26.2 Å². The fourth-order valence-corrected chi connectivity index (χ4v) is 22.4. The topological polar surface area (TPSA) is 4.93 Å². The molecule has 1 nitrogen and oxygen atoms in total. The van der Waals surface area contributed by atoms with Crippen molar-refractivity contribution in [1.82, 2.24) is 4.57 Å². The average Bonchev–Trinajstić information content (AvgIpc) is 4.12. The van der Waals surface area contributed by atoms with Gasteiger partial charge >= 0.3 is 0 Å². The number of hydrogen-bond donors (Lipinski definition) is 0. The summed E-state index contributed by atoms with van der Waals surface area (Å²) in [5.41, 5.74) is 13.8. The molecular formula is C62H47NS2Si2. The molecular weight excluding hydrogens is 879 g/mol. The van der Waals surface area contributed by atoms with Crippen LogP contribution in [0.1, 0.15) is 43.1 Å². The highest BCUT2D eigenvalue weighted by Crippen LogP contribution is 2.66. The Bertz CT molecular complexity index is 3530. The smallest absolute Gasteiger partial charge is 0.113 e. The molecule has 320 valence electrons. The zero-order valence-corrected chi connectivity index (χ0v) is 41.6. The molecule has 0 bridgehead atoms. The first-order valence-electron chi connectivity index (χ1n) is 23.6. The number of hydrogen-bond acceptors (Lipinski definition) is 2. The van der Waals surface area contributed by atoms with E-state index >= 15 is 0 Å². The molecule has 5 heterocycles. The Balaban J connectivity index is 1.12. The number of nitrogens with zero attached hydrogens (tertiary/aromatic N) is 1. The number of thiophene rings is 2. The molecule has 14 rings (SSSR count). The Hall–Kier alpha value is -6.61. The molecule has 0 saturated heterocycles. The van der Waals surface area contributed by atoms with Gasteiger partial charge in [-0.15, -0.1) is 22.7 Å². The molecule has 8 aromatic carbocycles. The van der Waals surface area contributed by atoms with Crippen molar-refractivity contribution >= 4 is 81.4 Å². The summed E-state index contributed by atoms with van der Waals surface area (Å²) < 4.78 is 2.43. The molecule has 3 aliphatic rings. The van der Waals surface area contributed by atoms with E-state index in [2.05, 4.69) is 243 Å². The zero-order chi connectivity index (χ0) is 44.9. The van der Waals surface area contributed by atoms with Crippen LogP contribution in [0.4, 0.5) is 0 Å². The summed E-state index contributed by atoms with van der Waals surface area (Å²) in [7, 11) is -4.28. The maximum atomic E-state index is 2.65. The quantitative estimate of drug-likeness (QED) is 0.156. The third-order valence-electron chi connectivity index (χ3n) is 16.0. The van der Waals surface area contributed by atoms with E-state index in [9.17, 15) is 0 Å². The molecule has 3 aromatic heterocycles. The second-order valence-corrected chi connectivity index (χ2v) is 30.7. The molecule has 0 saturated carbocycles. The van der Waals surface area contributed by atoms with Gasteiger partial charge in [0.25, 0.3) is 0 Å². The highest BCUT2D eigenvalue weighted by atomic mass is 32.1. The van der Waals surface area contributed by atoms with Gasteiger partial charge in [0.2, 0.25) is 0 Å². The standard InChI is InChI=1S/C62H47NS2Si2/c1-66(2)55-30-16-10-24-45(55)61(46-25-11-17-31-56(46)66)49-38-53(40-20-6-5-7-21-40)64-59(49)62(47-26-12-18-32-57(47)67(3,4)58-33-19-13-27-48(58)62)50-39-54(65-60(50)61)41-34-36-42(37-35-41)63-51-28-14-8-22-43(51)44-23-9-15-29-52(44)63/h5-39H,1-4H3.